The Bertz CT molecular complexity index is 594. The molecular formula is C19H27ClN4. The summed E-state index contributed by atoms with van der Waals surface area (Å²) in [6, 6.07) is 0.444. The maximum atomic E-state index is 6.11. The molecule has 130 valence electrons. The molecule has 1 atom stereocenters. The maximum Gasteiger partial charge on any atom is 0.135 e. The average molecular weight is 347 g/mol. The lowest BCUT2D eigenvalue weighted by atomic mass is 9.93. The molecule has 0 radical (unpaired) electrons. The first-order valence-electron chi connectivity index (χ1n) is 8.41. The van der Waals surface area contributed by atoms with Crippen molar-refractivity contribution >= 4 is 16.8 Å². The van der Waals surface area contributed by atoms with Gasteiger partial charge in [0.05, 0.1) is 6.04 Å². The van der Waals surface area contributed by atoms with Crippen LogP contribution in [-0.4, -0.2) is 30.3 Å². The van der Waals surface area contributed by atoms with E-state index in [9.17, 15) is 0 Å². The Morgan fingerprint density at radius 3 is 2.88 bits per heavy atom. The van der Waals surface area contributed by atoms with E-state index in [2.05, 4.69) is 35.2 Å². The Morgan fingerprint density at radius 1 is 1.46 bits per heavy atom. The van der Waals surface area contributed by atoms with Gasteiger partial charge in [-0.25, -0.2) is 4.99 Å². The van der Waals surface area contributed by atoms with Crippen LogP contribution in [0.4, 0.5) is 0 Å². The lowest BCUT2D eigenvalue weighted by Crippen LogP contribution is -2.37. The lowest BCUT2D eigenvalue weighted by Gasteiger charge is -2.27. The van der Waals surface area contributed by atoms with Gasteiger partial charge in [0.15, 0.2) is 0 Å². The molecule has 0 aromatic carbocycles. The van der Waals surface area contributed by atoms with Gasteiger partial charge < -0.3 is 16.4 Å². The van der Waals surface area contributed by atoms with Gasteiger partial charge in [-0.3, -0.25) is 0 Å². The molecule has 2 aliphatic rings. The number of nitrogens with two attached hydrogens (primary N) is 1. The SMILES string of the molecule is C=C/C=C(C)/C=C(/CN/C=C1/C(Cl)=NC=CC1N)CNC1CCC1. The fourth-order valence-corrected chi connectivity index (χ4v) is 2.81. The largest absolute Gasteiger partial charge is 0.387 e. The van der Waals surface area contributed by atoms with Gasteiger partial charge in [-0.1, -0.05) is 48.4 Å². The number of allylic oxidation sites excluding steroid dienone is 4. The zero-order chi connectivity index (χ0) is 17.4. The van der Waals surface area contributed by atoms with Crippen LogP contribution in [0.25, 0.3) is 0 Å². The molecule has 4 nitrogen and oxygen atoms in total. The standard InChI is InChI=1S/C19H27ClN4/c1-3-5-14(2)10-15(12-24-16-6-4-7-16)11-22-13-17-18(21)8-9-23-19(17)20/h3,5,8-10,13,16,18,22,24H,1,4,6-7,11-12,21H2,2H3/b14-5+,15-10-,17-13+. The zero-order valence-electron chi connectivity index (χ0n) is 14.3. The highest BCUT2D eigenvalue weighted by molar-refractivity contribution is 6.70. The molecule has 0 spiro atoms. The van der Waals surface area contributed by atoms with Crippen LogP contribution in [-0.2, 0) is 0 Å². The Labute approximate surface area is 149 Å². The third-order valence-electron chi connectivity index (χ3n) is 4.20. The van der Waals surface area contributed by atoms with Crippen LogP contribution >= 0.6 is 11.6 Å². The molecule has 1 fully saturated rings. The van der Waals surface area contributed by atoms with E-state index in [0.29, 0.717) is 11.2 Å². The summed E-state index contributed by atoms with van der Waals surface area (Å²) in [6.45, 7) is 7.43. The fourth-order valence-electron chi connectivity index (χ4n) is 2.57. The monoisotopic (exact) mass is 346 g/mol. The van der Waals surface area contributed by atoms with Gasteiger partial charge in [0, 0.05) is 37.1 Å². The molecule has 1 heterocycles. The second kappa shape index (κ2) is 9.62. The van der Waals surface area contributed by atoms with Crippen molar-refractivity contribution < 1.29 is 0 Å². The highest BCUT2D eigenvalue weighted by atomic mass is 35.5. The van der Waals surface area contributed by atoms with Gasteiger partial charge in [-0.05, 0) is 31.4 Å². The van der Waals surface area contributed by atoms with Crippen molar-refractivity contribution in [2.45, 2.75) is 38.3 Å². The van der Waals surface area contributed by atoms with E-state index in [-0.39, 0.29) is 6.04 Å². The van der Waals surface area contributed by atoms with Gasteiger partial charge in [0.1, 0.15) is 5.17 Å². The second-order valence-electron chi connectivity index (χ2n) is 6.23. The number of halogens is 1. The Hall–Kier alpha value is -1.62. The third-order valence-corrected chi connectivity index (χ3v) is 4.52. The number of nitrogens with one attached hydrogen (secondary N) is 2. The molecule has 0 saturated heterocycles. The molecule has 24 heavy (non-hydrogen) atoms. The summed E-state index contributed by atoms with van der Waals surface area (Å²) in [6.07, 6.45) is 15.2. The molecule has 0 amide bonds. The van der Waals surface area contributed by atoms with Gasteiger partial charge >= 0.3 is 0 Å². The fraction of sp³-hybridized carbons (Fsp3) is 0.421. The molecular weight excluding hydrogens is 320 g/mol. The number of aliphatic imine (C=N–C) groups is 1. The molecule has 0 aromatic heterocycles. The highest BCUT2D eigenvalue weighted by Gasteiger charge is 2.17. The van der Waals surface area contributed by atoms with Crippen molar-refractivity contribution in [2.75, 3.05) is 13.1 Å². The smallest absolute Gasteiger partial charge is 0.135 e. The van der Waals surface area contributed by atoms with Crippen LogP contribution in [0.2, 0.25) is 0 Å². The number of nitrogens with zero attached hydrogens (tertiary/aromatic N) is 1. The van der Waals surface area contributed by atoms with Crippen molar-refractivity contribution in [3.05, 3.63) is 60.0 Å². The summed E-state index contributed by atoms with van der Waals surface area (Å²) in [5, 5.41) is 7.37. The maximum absolute atomic E-state index is 6.11. The first-order chi connectivity index (χ1) is 11.6. The zero-order valence-corrected chi connectivity index (χ0v) is 15.0. The Kier molecular flexibility index (Phi) is 7.50. The minimum atomic E-state index is -0.217. The van der Waals surface area contributed by atoms with E-state index < -0.39 is 0 Å². The number of hydrogen-bond acceptors (Lipinski definition) is 4. The first-order valence-corrected chi connectivity index (χ1v) is 8.79. The Balaban J connectivity index is 1.96. The van der Waals surface area contributed by atoms with E-state index in [1.165, 1.54) is 30.4 Å². The van der Waals surface area contributed by atoms with E-state index in [1.54, 1.807) is 6.20 Å². The average Bonchev–Trinajstić information content (AvgIpc) is 2.48. The van der Waals surface area contributed by atoms with Crippen molar-refractivity contribution in [1.29, 1.82) is 0 Å². The van der Waals surface area contributed by atoms with Crippen LogP contribution in [0.5, 0.6) is 0 Å². The first kappa shape index (κ1) is 18.7. The number of hydrogen-bond donors (Lipinski definition) is 3. The van der Waals surface area contributed by atoms with Crippen molar-refractivity contribution in [2.24, 2.45) is 10.7 Å². The molecule has 1 unspecified atom stereocenters. The van der Waals surface area contributed by atoms with E-state index >= 15 is 0 Å². The highest BCUT2D eigenvalue weighted by Crippen LogP contribution is 2.18. The van der Waals surface area contributed by atoms with Crippen LogP contribution in [0.15, 0.2) is 65.0 Å². The molecule has 4 N–H and O–H groups in total. The minimum Gasteiger partial charge on any atom is -0.387 e. The van der Waals surface area contributed by atoms with Crippen molar-refractivity contribution in [3.63, 3.8) is 0 Å². The van der Waals surface area contributed by atoms with Crippen LogP contribution in [0.3, 0.4) is 0 Å². The van der Waals surface area contributed by atoms with Gasteiger partial charge in [0.2, 0.25) is 0 Å². The van der Waals surface area contributed by atoms with E-state index in [1.807, 2.05) is 24.4 Å². The topological polar surface area (TPSA) is 62.4 Å². The van der Waals surface area contributed by atoms with Crippen molar-refractivity contribution in [3.8, 4) is 0 Å². The molecule has 1 saturated carbocycles. The predicted molar refractivity (Wildman–Crippen MR) is 104 cm³/mol. The lowest BCUT2D eigenvalue weighted by molar-refractivity contribution is 0.348. The van der Waals surface area contributed by atoms with Gasteiger partial charge in [-0.15, -0.1) is 0 Å². The third kappa shape index (κ3) is 5.78. The quantitative estimate of drug-likeness (QED) is 0.592. The predicted octanol–water partition coefficient (Wildman–Crippen LogP) is 3.15. The summed E-state index contributed by atoms with van der Waals surface area (Å²) in [5.41, 5.74) is 9.29. The van der Waals surface area contributed by atoms with Crippen LogP contribution < -0.4 is 16.4 Å². The summed E-state index contributed by atoms with van der Waals surface area (Å²) < 4.78 is 0. The van der Waals surface area contributed by atoms with Crippen molar-refractivity contribution in [1.82, 2.24) is 10.6 Å². The van der Waals surface area contributed by atoms with Crippen LogP contribution in [0, 0.1) is 0 Å². The molecule has 5 heteroatoms. The summed E-state index contributed by atoms with van der Waals surface area (Å²) in [5.74, 6) is 0. The molecule has 1 aliphatic heterocycles. The summed E-state index contributed by atoms with van der Waals surface area (Å²) in [7, 11) is 0. The number of rotatable bonds is 8. The molecule has 1 aliphatic carbocycles. The summed E-state index contributed by atoms with van der Waals surface area (Å²) in [4.78, 5) is 4.08. The van der Waals surface area contributed by atoms with E-state index in [0.717, 1.165) is 18.7 Å². The minimum absolute atomic E-state index is 0.217. The Morgan fingerprint density at radius 2 is 2.25 bits per heavy atom. The summed E-state index contributed by atoms with van der Waals surface area (Å²) >= 11 is 6.11. The molecule has 0 bridgehead atoms. The van der Waals surface area contributed by atoms with Gasteiger partial charge in [0.25, 0.3) is 0 Å². The normalized spacial score (nSPS) is 23.9. The molecule has 2 rings (SSSR count). The van der Waals surface area contributed by atoms with Gasteiger partial charge in [-0.2, -0.15) is 0 Å². The van der Waals surface area contributed by atoms with E-state index in [4.69, 9.17) is 17.3 Å². The van der Waals surface area contributed by atoms with Crippen LogP contribution in [0.1, 0.15) is 26.2 Å². The second-order valence-corrected chi connectivity index (χ2v) is 6.58. The molecule has 0 aromatic rings.